The van der Waals surface area contributed by atoms with Gasteiger partial charge in [0, 0.05) is 11.1 Å². The molecule has 5 heteroatoms. The van der Waals surface area contributed by atoms with Gasteiger partial charge in [0.2, 0.25) is 0 Å². The maximum atomic E-state index is 12.6. The van der Waals surface area contributed by atoms with E-state index in [2.05, 4.69) is 5.32 Å². The van der Waals surface area contributed by atoms with E-state index in [0.29, 0.717) is 23.4 Å². The fourth-order valence-electron chi connectivity index (χ4n) is 2.51. The number of ketones is 1. The molecule has 0 radical (unpaired) electrons. The molecule has 0 bridgehead atoms. The number of carbonyl (C=O) groups excluding carboxylic acids is 2. The summed E-state index contributed by atoms with van der Waals surface area (Å²) in [6.07, 6.45) is 1.61. The zero-order chi connectivity index (χ0) is 17.5. The molecule has 0 unspecified atom stereocenters. The van der Waals surface area contributed by atoms with Crippen molar-refractivity contribution in [3.63, 3.8) is 0 Å². The summed E-state index contributed by atoms with van der Waals surface area (Å²) in [5.74, 6) is 0.531. The van der Waals surface area contributed by atoms with Crippen molar-refractivity contribution in [2.45, 2.75) is 6.54 Å². The Bertz CT molecular complexity index is 842. The molecule has 0 saturated heterocycles. The molecule has 1 aromatic heterocycles. The van der Waals surface area contributed by atoms with Crippen LogP contribution in [0.15, 0.2) is 77.4 Å². The van der Waals surface area contributed by atoms with Crippen LogP contribution in [0.5, 0.6) is 0 Å². The van der Waals surface area contributed by atoms with Crippen LogP contribution in [0.2, 0.25) is 0 Å². The number of rotatable bonds is 7. The standard InChI is InChI=1S/C20H18N2O3/c23-19(14-21-13-16-9-6-12-25-16)22-18-11-5-4-10-17(18)20(24)15-7-2-1-3-8-15/h1-12,21H,13-14H2,(H,22,23)/p+1. The van der Waals surface area contributed by atoms with Crippen LogP contribution in [-0.2, 0) is 11.3 Å². The second-order valence-electron chi connectivity index (χ2n) is 5.57. The Morgan fingerprint density at radius 1 is 0.920 bits per heavy atom. The summed E-state index contributed by atoms with van der Waals surface area (Å²) >= 11 is 0. The van der Waals surface area contributed by atoms with Gasteiger partial charge in [-0.3, -0.25) is 9.59 Å². The predicted molar refractivity (Wildman–Crippen MR) is 94.2 cm³/mol. The number of amides is 1. The molecule has 0 aliphatic heterocycles. The Balaban J connectivity index is 1.64. The smallest absolute Gasteiger partial charge is 0.279 e. The summed E-state index contributed by atoms with van der Waals surface area (Å²) in [6, 6.07) is 19.7. The van der Waals surface area contributed by atoms with Crippen LogP contribution in [0.25, 0.3) is 0 Å². The largest absolute Gasteiger partial charge is 0.463 e. The maximum absolute atomic E-state index is 12.6. The third-order valence-corrected chi connectivity index (χ3v) is 3.74. The van der Waals surface area contributed by atoms with Crippen LogP contribution in [0, 0.1) is 0 Å². The first-order valence-electron chi connectivity index (χ1n) is 8.07. The Morgan fingerprint density at radius 2 is 1.68 bits per heavy atom. The van der Waals surface area contributed by atoms with Crippen LogP contribution < -0.4 is 10.6 Å². The number of hydrogen-bond donors (Lipinski definition) is 2. The molecular weight excluding hydrogens is 316 g/mol. The minimum Gasteiger partial charge on any atom is -0.463 e. The third kappa shape index (κ3) is 4.43. The van der Waals surface area contributed by atoms with Gasteiger partial charge >= 0.3 is 0 Å². The van der Waals surface area contributed by atoms with Gasteiger partial charge in [0.05, 0.1) is 12.0 Å². The average molecular weight is 335 g/mol. The van der Waals surface area contributed by atoms with Crippen molar-refractivity contribution in [2.75, 3.05) is 11.9 Å². The van der Waals surface area contributed by atoms with E-state index in [1.54, 1.807) is 42.7 Å². The normalized spacial score (nSPS) is 10.4. The highest BCUT2D eigenvalue weighted by Gasteiger charge is 2.15. The van der Waals surface area contributed by atoms with Crippen LogP contribution in [0.3, 0.4) is 0 Å². The molecular formula is C20H19N2O3+. The van der Waals surface area contributed by atoms with Crippen molar-refractivity contribution in [2.24, 2.45) is 0 Å². The number of anilines is 1. The summed E-state index contributed by atoms with van der Waals surface area (Å²) in [5, 5.41) is 4.66. The van der Waals surface area contributed by atoms with Crippen LogP contribution >= 0.6 is 0 Å². The number of nitrogens with two attached hydrogens (primary N) is 1. The third-order valence-electron chi connectivity index (χ3n) is 3.74. The van der Waals surface area contributed by atoms with E-state index in [1.807, 2.05) is 35.6 Å². The van der Waals surface area contributed by atoms with E-state index in [4.69, 9.17) is 4.42 Å². The Kier molecular flexibility index (Phi) is 5.39. The van der Waals surface area contributed by atoms with E-state index < -0.39 is 0 Å². The number of hydrogen-bond acceptors (Lipinski definition) is 3. The summed E-state index contributed by atoms with van der Waals surface area (Å²) in [4.78, 5) is 24.8. The van der Waals surface area contributed by atoms with Crippen molar-refractivity contribution in [3.8, 4) is 0 Å². The summed E-state index contributed by atoms with van der Waals surface area (Å²) < 4.78 is 5.23. The number of benzene rings is 2. The molecule has 0 aliphatic rings. The van der Waals surface area contributed by atoms with Gasteiger partial charge in [-0.05, 0) is 24.3 Å². The quantitative estimate of drug-likeness (QED) is 0.650. The van der Waals surface area contributed by atoms with Crippen molar-refractivity contribution in [1.82, 2.24) is 0 Å². The number of para-hydroxylation sites is 1. The Hall–Kier alpha value is -3.18. The van der Waals surface area contributed by atoms with Gasteiger partial charge in [-0.2, -0.15) is 0 Å². The molecule has 1 amide bonds. The van der Waals surface area contributed by atoms with E-state index >= 15 is 0 Å². The van der Waals surface area contributed by atoms with Gasteiger partial charge in [-0.15, -0.1) is 0 Å². The van der Waals surface area contributed by atoms with Crippen molar-refractivity contribution >= 4 is 17.4 Å². The van der Waals surface area contributed by atoms with Crippen LogP contribution in [-0.4, -0.2) is 18.2 Å². The van der Waals surface area contributed by atoms with E-state index in [0.717, 1.165) is 5.76 Å². The summed E-state index contributed by atoms with van der Waals surface area (Å²) in [5.41, 5.74) is 1.59. The first-order valence-corrected chi connectivity index (χ1v) is 8.07. The van der Waals surface area contributed by atoms with Gasteiger partial charge in [0.1, 0.15) is 6.54 Å². The average Bonchev–Trinajstić information content (AvgIpc) is 3.16. The van der Waals surface area contributed by atoms with Gasteiger partial charge < -0.3 is 15.1 Å². The van der Waals surface area contributed by atoms with Gasteiger partial charge in [0.15, 0.2) is 18.1 Å². The van der Waals surface area contributed by atoms with E-state index in [1.165, 1.54) is 0 Å². The van der Waals surface area contributed by atoms with Gasteiger partial charge in [-0.1, -0.05) is 42.5 Å². The molecule has 0 saturated carbocycles. The number of carbonyl (C=O) groups is 2. The fraction of sp³-hybridized carbons (Fsp3) is 0.100. The summed E-state index contributed by atoms with van der Waals surface area (Å²) in [6.45, 7) is 0.833. The molecule has 5 nitrogen and oxygen atoms in total. The monoisotopic (exact) mass is 335 g/mol. The number of quaternary nitrogens is 1. The van der Waals surface area contributed by atoms with Crippen molar-refractivity contribution in [3.05, 3.63) is 89.9 Å². The van der Waals surface area contributed by atoms with E-state index in [9.17, 15) is 9.59 Å². The molecule has 0 fully saturated rings. The Labute approximate surface area is 145 Å². The molecule has 3 rings (SSSR count). The van der Waals surface area contributed by atoms with Crippen LogP contribution in [0.1, 0.15) is 21.7 Å². The molecule has 3 aromatic rings. The lowest BCUT2D eigenvalue weighted by Crippen LogP contribution is -2.84. The minimum absolute atomic E-state index is 0.115. The lowest BCUT2D eigenvalue weighted by atomic mass is 10.0. The van der Waals surface area contributed by atoms with Crippen LogP contribution in [0.4, 0.5) is 5.69 Å². The molecule has 1 heterocycles. The molecule has 0 spiro atoms. The minimum atomic E-state index is -0.167. The second kappa shape index (κ2) is 8.08. The molecule has 25 heavy (non-hydrogen) atoms. The van der Waals surface area contributed by atoms with E-state index in [-0.39, 0.29) is 18.2 Å². The second-order valence-corrected chi connectivity index (χ2v) is 5.57. The van der Waals surface area contributed by atoms with Crippen molar-refractivity contribution in [1.29, 1.82) is 0 Å². The lowest BCUT2D eigenvalue weighted by Gasteiger charge is -2.10. The SMILES string of the molecule is O=C(C[NH2+]Cc1ccco1)Nc1ccccc1C(=O)c1ccccc1. The van der Waals surface area contributed by atoms with Gasteiger partial charge in [0.25, 0.3) is 5.91 Å². The highest BCUT2D eigenvalue weighted by atomic mass is 16.3. The topological polar surface area (TPSA) is 75.9 Å². The van der Waals surface area contributed by atoms with Crippen molar-refractivity contribution < 1.29 is 19.3 Å². The first kappa shape index (κ1) is 16.7. The molecule has 0 atom stereocenters. The zero-order valence-electron chi connectivity index (χ0n) is 13.6. The molecule has 126 valence electrons. The summed E-state index contributed by atoms with van der Waals surface area (Å²) in [7, 11) is 0. The molecule has 2 aromatic carbocycles. The molecule has 3 N–H and O–H groups in total. The Morgan fingerprint density at radius 3 is 2.44 bits per heavy atom. The maximum Gasteiger partial charge on any atom is 0.279 e. The number of furan rings is 1. The lowest BCUT2D eigenvalue weighted by molar-refractivity contribution is -0.661. The van der Waals surface area contributed by atoms with Gasteiger partial charge in [-0.25, -0.2) is 0 Å². The highest BCUT2D eigenvalue weighted by molar-refractivity contribution is 6.13. The predicted octanol–water partition coefficient (Wildman–Crippen LogP) is 2.21. The molecule has 0 aliphatic carbocycles. The number of nitrogens with one attached hydrogen (secondary N) is 1. The fourth-order valence-corrected chi connectivity index (χ4v) is 2.51. The zero-order valence-corrected chi connectivity index (χ0v) is 13.6. The highest BCUT2D eigenvalue weighted by Crippen LogP contribution is 2.19. The first-order chi connectivity index (χ1) is 12.2.